The zero-order chi connectivity index (χ0) is 16.5. The van der Waals surface area contributed by atoms with E-state index in [1.54, 1.807) is 31.4 Å². The number of amides is 2. The Morgan fingerprint density at radius 3 is 2.57 bits per heavy atom. The first kappa shape index (κ1) is 17.3. The van der Waals surface area contributed by atoms with Gasteiger partial charge in [-0.05, 0) is 43.5 Å². The molecule has 0 spiro atoms. The van der Waals surface area contributed by atoms with Gasteiger partial charge in [-0.3, -0.25) is 9.59 Å². The van der Waals surface area contributed by atoms with Crippen molar-refractivity contribution in [3.8, 4) is 5.75 Å². The van der Waals surface area contributed by atoms with Crippen LogP contribution in [0.25, 0.3) is 0 Å². The van der Waals surface area contributed by atoms with Gasteiger partial charge in [0.2, 0.25) is 11.8 Å². The maximum atomic E-state index is 11.8. The second kappa shape index (κ2) is 9.15. The van der Waals surface area contributed by atoms with E-state index in [1.165, 1.54) is 0 Å². The first-order valence-corrected chi connectivity index (χ1v) is 7.98. The van der Waals surface area contributed by atoms with E-state index in [0.717, 1.165) is 24.3 Å². The molecule has 1 aliphatic rings. The Hall–Kier alpha value is -2.08. The predicted octanol–water partition coefficient (Wildman–Crippen LogP) is 1.96. The third-order valence-electron chi connectivity index (χ3n) is 3.52. The van der Waals surface area contributed by atoms with E-state index in [1.807, 2.05) is 0 Å². The number of nitrogens with one attached hydrogen (secondary N) is 2. The summed E-state index contributed by atoms with van der Waals surface area (Å²) in [5.74, 6) is 1.02. The summed E-state index contributed by atoms with van der Waals surface area (Å²) < 4.78 is 10.4. The molecule has 6 heteroatoms. The van der Waals surface area contributed by atoms with Gasteiger partial charge in [-0.2, -0.15) is 0 Å². The summed E-state index contributed by atoms with van der Waals surface area (Å²) in [5.41, 5.74) is 0.733. The average molecular weight is 320 g/mol. The molecule has 1 aliphatic carbocycles. The van der Waals surface area contributed by atoms with Gasteiger partial charge in [0.05, 0.1) is 6.61 Å². The number of hydrogen-bond acceptors (Lipinski definition) is 4. The van der Waals surface area contributed by atoms with Gasteiger partial charge in [0, 0.05) is 31.7 Å². The summed E-state index contributed by atoms with van der Waals surface area (Å²) in [4.78, 5) is 23.3. The largest absolute Gasteiger partial charge is 0.491 e. The molecule has 23 heavy (non-hydrogen) atoms. The van der Waals surface area contributed by atoms with Crippen molar-refractivity contribution in [1.29, 1.82) is 0 Å². The van der Waals surface area contributed by atoms with Gasteiger partial charge in [0.1, 0.15) is 12.4 Å². The van der Waals surface area contributed by atoms with Crippen LogP contribution in [-0.4, -0.2) is 38.7 Å². The number of anilines is 1. The molecule has 2 N–H and O–H groups in total. The quantitative estimate of drug-likeness (QED) is 0.646. The molecule has 1 aromatic rings. The van der Waals surface area contributed by atoms with E-state index in [9.17, 15) is 9.59 Å². The van der Waals surface area contributed by atoms with E-state index < -0.39 is 0 Å². The second-order valence-corrected chi connectivity index (χ2v) is 5.58. The average Bonchev–Trinajstić information content (AvgIpc) is 3.38. The molecule has 1 saturated carbocycles. The van der Waals surface area contributed by atoms with Crippen LogP contribution in [0.15, 0.2) is 24.3 Å². The third-order valence-corrected chi connectivity index (χ3v) is 3.52. The predicted molar refractivity (Wildman–Crippen MR) is 87.4 cm³/mol. The Morgan fingerprint density at radius 2 is 1.91 bits per heavy atom. The Morgan fingerprint density at radius 1 is 1.17 bits per heavy atom. The number of benzene rings is 1. The molecular weight excluding hydrogens is 296 g/mol. The highest BCUT2D eigenvalue weighted by Crippen LogP contribution is 2.28. The van der Waals surface area contributed by atoms with Gasteiger partial charge in [0.15, 0.2) is 0 Å². The summed E-state index contributed by atoms with van der Waals surface area (Å²) in [5, 5.41) is 5.68. The van der Waals surface area contributed by atoms with Crippen molar-refractivity contribution in [1.82, 2.24) is 5.32 Å². The highest BCUT2D eigenvalue weighted by Gasteiger charge is 2.28. The fraction of sp³-hybridized carbons (Fsp3) is 0.529. The molecule has 1 aromatic carbocycles. The highest BCUT2D eigenvalue weighted by atomic mass is 16.5. The van der Waals surface area contributed by atoms with Crippen LogP contribution in [0.3, 0.4) is 0 Å². The highest BCUT2D eigenvalue weighted by molar-refractivity contribution is 5.90. The summed E-state index contributed by atoms with van der Waals surface area (Å²) in [6.07, 6.45) is 3.02. The third kappa shape index (κ3) is 6.69. The fourth-order valence-corrected chi connectivity index (χ4v) is 2.05. The lowest BCUT2D eigenvalue weighted by atomic mass is 10.2. The first-order chi connectivity index (χ1) is 11.2. The molecule has 0 heterocycles. The van der Waals surface area contributed by atoms with Crippen LogP contribution in [0, 0.1) is 5.92 Å². The maximum Gasteiger partial charge on any atom is 0.224 e. The molecule has 1 fully saturated rings. The van der Waals surface area contributed by atoms with E-state index in [4.69, 9.17) is 9.47 Å². The van der Waals surface area contributed by atoms with Crippen LogP contribution in [-0.2, 0) is 14.3 Å². The summed E-state index contributed by atoms with van der Waals surface area (Å²) >= 11 is 0. The Bertz CT molecular complexity index is 512. The lowest BCUT2D eigenvalue weighted by Crippen LogP contribution is -2.26. The Labute approximate surface area is 136 Å². The SMILES string of the molecule is COCCOc1ccc(NC(=O)CCCNC(=O)C2CC2)cc1. The minimum atomic E-state index is -0.0567. The van der Waals surface area contributed by atoms with Gasteiger partial charge in [-0.25, -0.2) is 0 Å². The van der Waals surface area contributed by atoms with E-state index in [2.05, 4.69) is 10.6 Å². The number of methoxy groups -OCH3 is 1. The zero-order valence-electron chi connectivity index (χ0n) is 13.5. The first-order valence-electron chi connectivity index (χ1n) is 7.98. The van der Waals surface area contributed by atoms with Crippen LogP contribution in [0.1, 0.15) is 25.7 Å². The van der Waals surface area contributed by atoms with Crippen LogP contribution in [0.5, 0.6) is 5.75 Å². The molecule has 6 nitrogen and oxygen atoms in total. The Kier molecular flexibility index (Phi) is 6.87. The van der Waals surface area contributed by atoms with Crippen molar-refractivity contribution in [3.63, 3.8) is 0 Å². The second-order valence-electron chi connectivity index (χ2n) is 5.58. The van der Waals surface area contributed by atoms with E-state index in [0.29, 0.717) is 32.6 Å². The van der Waals surface area contributed by atoms with Gasteiger partial charge in [0.25, 0.3) is 0 Å². The van der Waals surface area contributed by atoms with Crippen molar-refractivity contribution in [2.45, 2.75) is 25.7 Å². The van der Waals surface area contributed by atoms with Gasteiger partial charge in [-0.15, -0.1) is 0 Å². The molecular formula is C17H24N2O4. The molecule has 0 saturated heterocycles. The van der Waals surface area contributed by atoms with Crippen molar-refractivity contribution in [3.05, 3.63) is 24.3 Å². The van der Waals surface area contributed by atoms with Crippen LogP contribution < -0.4 is 15.4 Å². The number of rotatable bonds is 10. The number of hydrogen-bond donors (Lipinski definition) is 2. The summed E-state index contributed by atoms with van der Waals surface area (Å²) in [7, 11) is 1.62. The fourth-order valence-electron chi connectivity index (χ4n) is 2.05. The van der Waals surface area contributed by atoms with E-state index in [-0.39, 0.29) is 17.7 Å². The standard InChI is InChI=1S/C17H24N2O4/c1-22-11-12-23-15-8-6-14(7-9-15)19-16(20)3-2-10-18-17(21)13-4-5-13/h6-9,13H,2-5,10-12H2,1H3,(H,18,21)(H,19,20). The van der Waals surface area contributed by atoms with Crippen molar-refractivity contribution in [2.75, 3.05) is 32.2 Å². The number of carbonyl (C=O) groups is 2. The smallest absolute Gasteiger partial charge is 0.224 e. The van der Waals surface area contributed by atoms with Crippen LogP contribution in [0.2, 0.25) is 0 Å². The number of ether oxygens (including phenoxy) is 2. The summed E-state index contributed by atoms with van der Waals surface area (Å²) in [6.45, 7) is 1.58. The minimum Gasteiger partial charge on any atom is -0.491 e. The van der Waals surface area contributed by atoms with Crippen LogP contribution in [0.4, 0.5) is 5.69 Å². The topological polar surface area (TPSA) is 76.7 Å². The monoisotopic (exact) mass is 320 g/mol. The minimum absolute atomic E-state index is 0.0567. The molecule has 2 rings (SSSR count). The van der Waals surface area contributed by atoms with Crippen molar-refractivity contribution < 1.29 is 19.1 Å². The molecule has 0 aliphatic heterocycles. The van der Waals surface area contributed by atoms with Gasteiger partial charge < -0.3 is 20.1 Å². The molecule has 2 amide bonds. The maximum absolute atomic E-state index is 11.8. The molecule has 0 aromatic heterocycles. The molecule has 0 radical (unpaired) electrons. The van der Waals surface area contributed by atoms with Crippen molar-refractivity contribution in [2.24, 2.45) is 5.92 Å². The molecule has 0 bridgehead atoms. The zero-order valence-corrected chi connectivity index (χ0v) is 13.5. The normalized spacial score (nSPS) is 13.4. The number of carbonyl (C=O) groups excluding carboxylic acids is 2. The van der Waals surface area contributed by atoms with Crippen LogP contribution >= 0.6 is 0 Å². The van der Waals surface area contributed by atoms with E-state index >= 15 is 0 Å². The summed E-state index contributed by atoms with van der Waals surface area (Å²) in [6, 6.07) is 7.21. The lowest BCUT2D eigenvalue weighted by Gasteiger charge is -2.08. The van der Waals surface area contributed by atoms with Gasteiger partial charge in [-0.1, -0.05) is 0 Å². The lowest BCUT2D eigenvalue weighted by molar-refractivity contribution is -0.122. The van der Waals surface area contributed by atoms with Crippen molar-refractivity contribution >= 4 is 17.5 Å². The van der Waals surface area contributed by atoms with Gasteiger partial charge >= 0.3 is 0 Å². The Balaban J connectivity index is 1.61. The molecule has 0 atom stereocenters. The molecule has 0 unspecified atom stereocenters. The molecule has 126 valence electrons.